The number of nitrogens with one attached hydrogen (secondary N) is 2. The predicted molar refractivity (Wildman–Crippen MR) is 41.9 cm³/mol. The van der Waals surface area contributed by atoms with E-state index in [4.69, 9.17) is 0 Å². The van der Waals surface area contributed by atoms with Gasteiger partial charge in [0.25, 0.3) is 0 Å². The Bertz CT molecular complexity index is 216. The molecule has 11 heavy (non-hydrogen) atoms. The molecule has 1 aliphatic carbocycles. The van der Waals surface area contributed by atoms with E-state index in [0.717, 1.165) is 38.0 Å². The summed E-state index contributed by atoms with van der Waals surface area (Å²) in [6, 6.07) is 0. The van der Waals surface area contributed by atoms with Gasteiger partial charge in [-0.3, -0.25) is 10.1 Å². The van der Waals surface area contributed by atoms with E-state index >= 15 is 0 Å². The maximum absolute atomic E-state index is 11.3. The van der Waals surface area contributed by atoms with Crippen LogP contribution >= 0.6 is 0 Å². The normalized spacial score (nSPS) is 24.5. The highest BCUT2D eigenvalue weighted by molar-refractivity contribution is 5.97. The monoisotopic (exact) mass is 152 g/mol. The second kappa shape index (κ2) is 2.66. The molecule has 0 amide bonds. The van der Waals surface area contributed by atoms with E-state index in [-0.39, 0.29) is 0 Å². The lowest BCUT2D eigenvalue weighted by Crippen LogP contribution is -2.40. The van der Waals surface area contributed by atoms with Crippen LogP contribution in [0.25, 0.3) is 0 Å². The van der Waals surface area contributed by atoms with Crippen LogP contribution in [0.15, 0.2) is 11.3 Å². The SMILES string of the molecule is O=C1CCCC2=C1CNCN2. The second-order valence-corrected chi connectivity index (χ2v) is 3.01. The fourth-order valence-electron chi connectivity index (χ4n) is 1.65. The average molecular weight is 152 g/mol. The summed E-state index contributed by atoms with van der Waals surface area (Å²) in [7, 11) is 0. The molecule has 2 rings (SSSR count). The zero-order valence-corrected chi connectivity index (χ0v) is 6.44. The Morgan fingerprint density at radius 2 is 2.18 bits per heavy atom. The van der Waals surface area contributed by atoms with Crippen LogP contribution in [0.2, 0.25) is 0 Å². The molecule has 1 heterocycles. The highest BCUT2D eigenvalue weighted by atomic mass is 16.1. The van der Waals surface area contributed by atoms with E-state index in [1.165, 1.54) is 5.70 Å². The van der Waals surface area contributed by atoms with E-state index in [0.29, 0.717) is 5.78 Å². The minimum absolute atomic E-state index is 0.325. The van der Waals surface area contributed by atoms with Crippen molar-refractivity contribution in [2.24, 2.45) is 0 Å². The third kappa shape index (κ3) is 1.16. The number of carbonyl (C=O) groups excluding carboxylic acids is 1. The standard InChI is InChI=1S/C8H12N2O/c11-8-3-1-2-7-6(8)4-9-5-10-7/h9-10H,1-5H2. The van der Waals surface area contributed by atoms with Gasteiger partial charge in [0.2, 0.25) is 0 Å². The molecule has 3 heteroatoms. The van der Waals surface area contributed by atoms with Gasteiger partial charge in [0.1, 0.15) is 0 Å². The third-order valence-electron chi connectivity index (χ3n) is 2.26. The summed E-state index contributed by atoms with van der Waals surface area (Å²) in [6.45, 7) is 1.58. The van der Waals surface area contributed by atoms with Gasteiger partial charge in [0, 0.05) is 24.2 Å². The van der Waals surface area contributed by atoms with Crippen molar-refractivity contribution in [3.63, 3.8) is 0 Å². The van der Waals surface area contributed by atoms with Gasteiger partial charge in [-0.1, -0.05) is 0 Å². The Morgan fingerprint density at radius 3 is 3.00 bits per heavy atom. The minimum Gasteiger partial charge on any atom is -0.375 e. The summed E-state index contributed by atoms with van der Waals surface area (Å²) in [5.74, 6) is 0.325. The van der Waals surface area contributed by atoms with Crippen molar-refractivity contribution in [2.45, 2.75) is 19.3 Å². The number of rotatable bonds is 0. The fraction of sp³-hybridized carbons (Fsp3) is 0.625. The van der Waals surface area contributed by atoms with Gasteiger partial charge < -0.3 is 5.32 Å². The average Bonchev–Trinajstić information content (AvgIpc) is 2.06. The lowest BCUT2D eigenvalue weighted by Gasteiger charge is -2.25. The fourth-order valence-corrected chi connectivity index (χ4v) is 1.65. The Balaban J connectivity index is 2.27. The topological polar surface area (TPSA) is 41.1 Å². The largest absolute Gasteiger partial charge is 0.375 e. The van der Waals surface area contributed by atoms with Crippen LogP contribution in [0.4, 0.5) is 0 Å². The Morgan fingerprint density at radius 1 is 1.27 bits per heavy atom. The molecule has 0 bridgehead atoms. The Hall–Kier alpha value is -0.830. The molecule has 0 aromatic rings. The Kier molecular flexibility index (Phi) is 1.66. The van der Waals surface area contributed by atoms with Crippen LogP contribution in [0.3, 0.4) is 0 Å². The molecule has 1 aliphatic heterocycles. The number of hydrogen-bond acceptors (Lipinski definition) is 3. The van der Waals surface area contributed by atoms with Crippen molar-refractivity contribution in [3.8, 4) is 0 Å². The summed E-state index contributed by atoms with van der Waals surface area (Å²) in [5, 5.41) is 6.32. The van der Waals surface area contributed by atoms with E-state index in [9.17, 15) is 4.79 Å². The third-order valence-corrected chi connectivity index (χ3v) is 2.26. The highest BCUT2D eigenvalue weighted by Gasteiger charge is 2.21. The molecular formula is C8H12N2O. The summed E-state index contributed by atoms with van der Waals surface area (Å²) >= 11 is 0. The number of ketones is 1. The van der Waals surface area contributed by atoms with Crippen LogP contribution in [-0.2, 0) is 4.79 Å². The van der Waals surface area contributed by atoms with Crippen molar-refractivity contribution < 1.29 is 4.79 Å². The molecule has 0 saturated carbocycles. The molecule has 0 aromatic carbocycles. The molecular weight excluding hydrogens is 140 g/mol. The molecule has 0 unspecified atom stereocenters. The second-order valence-electron chi connectivity index (χ2n) is 3.01. The van der Waals surface area contributed by atoms with Crippen molar-refractivity contribution >= 4 is 5.78 Å². The first-order valence-electron chi connectivity index (χ1n) is 4.08. The molecule has 0 atom stereocenters. The van der Waals surface area contributed by atoms with Crippen LogP contribution in [-0.4, -0.2) is 19.0 Å². The van der Waals surface area contributed by atoms with E-state index < -0.39 is 0 Å². The smallest absolute Gasteiger partial charge is 0.161 e. The quantitative estimate of drug-likeness (QED) is 0.519. The van der Waals surface area contributed by atoms with Crippen molar-refractivity contribution in [1.82, 2.24) is 10.6 Å². The molecule has 0 aromatic heterocycles. The van der Waals surface area contributed by atoms with E-state index in [1.807, 2.05) is 0 Å². The van der Waals surface area contributed by atoms with Gasteiger partial charge >= 0.3 is 0 Å². The summed E-state index contributed by atoms with van der Waals surface area (Å²) in [4.78, 5) is 11.3. The van der Waals surface area contributed by atoms with Gasteiger partial charge in [-0.25, -0.2) is 0 Å². The van der Waals surface area contributed by atoms with Crippen LogP contribution in [0, 0.1) is 0 Å². The predicted octanol–water partition coefficient (Wildman–Crippen LogP) is 0.144. The first kappa shape index (κ1) is 6.85. The van der Waals surface area contributed by atoms with Crippen LogP contribution < -0.4 is 10.6 Å². The summed E-state index contributed by atoms with van der Waals surface area (Å²) < 4.78 is 0. The molecule has 0 saturated heterocycles. The maximum Gasteiger partial charge on any atom is 0.161 e. The van der Waals surface area contributed by atoms with Crippen LogP contribution in [0.5, 0.6) is 0 Å². The van der Waals surface area contributed by atoms with Gasteiger partial charge in [-0.15, -0.1) is 0 Å². The molecule has 0 radical (unpaired) electrons. The lowest BCUT2D eigenvalue weighted by molar-refractivity contribution is -0.116. The first-order chi connectivity index (χ1) is 5.38. The van der Waals surface area contributed by atoms with Crippen molar-refractivity contribution in [3.05, 3.63) is 11.3 Å². The first-order valence-corrected chi connectivity index (χ1v) is 4.08. The molecule has 0 spiro atoms. The zero-order valence-electron chi connectivity index (χ0n) is 6.44. The Labute approximate surface area is 65.9 Å². The number of carbonyl (C=O) groups is 1. The molecule has 0 fully saturated rings. The highest BCUT2D eigenvalue weighted by Crippen LogP contribution is 2.20. The van der Waals surface area contributed by atoms with Gasteiger partial charge in [-0.2, -0.15) is 0 Å². The molecule has 2 N–H and O–H groups in total. The van der Waals surface area contributed by atoms with E-state index in [2.05, 4.69) is 10.6 Å². The lowest BCUT2D eigenvalue weighted by atomic mass is 9.94. The number of hydrogen-bond donors (Lipinski definition) is 2. The molecule has 3 nitrogen and oxygen atoms in total. The number of allylic oxidation sites excluding steroid dienone is 1. The molecule has 60 valence electrons. The van der Waals surface area contributed by atoms with Gasteiger partial charge in [-0.05, 0) is 12.8 Å². The minimum atomic E-state index is 0.325. The number of Topliss-reactive ketones (excluding diaryl/α,β-unsaturated/α-hetero) is 1. The molecule has 2 aliphatic rings. The van der Waals surface area contributed by atoms with Crippen molar-refractivity contribution in [1.29, 1.82) is 0 Å². The van der Waals surface area contributed by atoms with Gasteiger partial charge in [0.15, 0.2) is 5.78 Å². The van der Waals surface area contributed by atoms with Gasteiger partial charge in [0.05, 0.1) is 6.67 Å². The van der Waals surface area contributed by atoms with E-state index in [1.54, 1.807) is 0 Å². The van der Waals surface area contributed by atoms with Crippen LogP contribution in [0.1, 0.15) is 19.3 Å². The maximum atomic E-state index is 11.3. The summed E-state index contributed by atoms with van der Waals surface area (Å²) in [6.07, 6.45) is 2.82. The summed E-state index contributed by atoms with van der Waals surface area (Å²) in [5.41, 5.74) is 2.17. The zero-order chi connectivity index (χ0) is 7.68. The van der Waals surface area contributed by atoms with Crippen molar-refractivity contribution in [2.75, 3.05) is 13.2 Å².